The molecular weight excluding hydrogens is 380 g/mol. The van der Waals surface area contributed by atoms with Gasteiger partial charge in [-0.3, -0.25) is 10.1 Å². The Bertz CT molecular complexity index is 620. The zero-order chi connectivity index (χ0) is 17.4. The molecule has 7 nitrogen and oxygen atoms in total. The van der Waals surface area contributed by atoms with Crippen LogP contribution in [0.3, 0.4) is 0 Å². The minimum absolute atomic E-state index is 0.102. The predicted octanol–water partition coefficient (Wildman–Crippen LogP) is 2.76. The molecule has 1 fully saturated rings. The first-order chi connectivity index (χ1) is 11.5. The Morgan fingerprint density at radius 1 is 1.25 bits per heavy atom. The van der Waals surface area contributed by atoms with E-state index in [1.54, 1.807) is 12.1 Å². The second-order valence-electron chi connectivity index (χ2n) is 5.44. The van der Waals surface area contributed by atoms with E-state index >= 15 is 0 Å². The van der Waals surface area contributed by atoms with Gasteiger partial charge in [0.25, 0.3) is 5.91 Å². The van der Waals surface area contributed by atoms with Gasteiger partial charge in [0.1, 0.15) is 5.76 Å². The Hall–Kier alpha value is -2.09. The number of carbonyl (C=O) groups is 3. The summed E-state index contributed by atoms with van der Waals surface area (Å²) in [6.07, 6.45) is 7.73. The number of ether oxygens (including phenoxy) is 1. The summed E-state index contributed by atoms with van der Waals surface area (Å²) in [7, 11) is 0. The van der Waals surface area contributed by atoms with Crippen molar-refractivity contribution in [2.24, 2.45) is 0 Å². The maximum atomic E-state index is 11.7. The number of hydrogen-bond acceptors (Lipinski definition) is 5. The molecular formula is C16H19BrN2O5. The first-order valence-corrected chi connectivity index (χ1v) is 8.53. The third-order valence-electron chi connectivity index (χ3n) is 3.52. The highest BCUT2D eigenvalue weighted by Crippen LogP contribution is 2.17. The van der Waals surface area contributed by atoms with Gasteiger partial charge in [-0.1, -0.05) is 19.3 Å². The molecule has 0 saturated heterocycles. The van der Waals surface area contributed by atoms with Gasteiger partial charge in [-0.15, -0.1) is 0 Å². The lowest BCUT2D eigenvalue weighted by atomic mass is 9.96. The Labute approximate surface area is 147 Å². The van der Waals surface area contributed by atoms with Crippen molar-refractivity contribution < 1.29 is 23.5 Å². The molecule has 0 aliphatic heterocycles. The van der Waals surface area contributed by atoms with E-state index in [4.69, 9.17) is 9.15 Å². The van der Waals surface area contributed by atoms with Crippen LogP contribution in [0.4, 0.5) is 4.79 Å². The highest BCUT2D eigenvalue weighted by molar-refractivity contribution is 9.10. The van der Waals surface area contributed by atoms with Crippen LogP contribution in [0.25, 0.3) is 6.08 Å². The van der Waals surface area contributed by atoms with E-state index in [0.29, 0.717) is 10.4 Å². The summed E-state index contributed by atoms with van der Waals surface area (Å²) in [5, 5.41) is 4.89. The highest BCUT2D eigenvalue weighted by Gasteiger charge is 2.17. The average Bonchev–Trinajstić information content (AvgIpc) is 2.97. The average molecular weight is 399 g/mol. The van der Waals surface area contributed by atoms with Crippen molar-refractivity contribution in [3.8, 4) is 0 Å². The fraction of sp³-hybridized carbons (Fsp3) is 0.438. The van der Waals surface area contributed by atoms with Gasteiger partial charge >= 0.3 is 12.0 Å². The number of halogens is 1. The van der Waals surface area contributed by atoms with E-state index < -0.39 is 24.5 Å². The topological polar surface area (TPSA) is 97.6 Å². The number of nitrogens with one attached hydrogen (secondary N) is 2. The molecule has 0 aromatic carbocycles. The lowest BCUT2D eigenvalue weighted by Gasteiger charge is -2.22. The molecule has 3 amide bonds. The molecule has 1 saturated carbocycles. The monoisotopic (exact) mass is 398 g/mol. The number of carbonyl (C=O) groups excluding carboxylic acids is 3. The molecule has 0 radical (unpaired) electrons. The van der Waals surface area contributed by atoms with Gasteiger partial charge in [0.15, 0.2) is 11.3 Å². The van der Waals surface area contributed by atoms with Crippen molar-refractivity contribution >= 4 is 39.9 Å². The van der Waals surface area contributed by atoms with E-state index in [9.17, 15) is 14.4 Å². The minimum Gasteiger partial charge on any atom is -0.452 e. The van der Waals surface area contributed by atoms with E-state index in [2.05, 4.69) is 26.6 Å². The van der Waals surface area contributed by atoms with Crippen LogP contribution < -0.4 is 10.6 Å². The molecule has 1 aromatic rings. The second-order valence-corrected chi connectivity index (χ2v) is 6.22. The smallest absolute Gasteiger partial charge is 0.331 e. The van der Waals surface area contributed by atoms with Crippen LogP contribution in [0.1, 0.15) is 37.9 Å². The van der Waals surface area contributed by atoms with Crippen LogP contribution in [0.5, 0.6) is 0 Å². The van der Waals surface area contributed by atoms with Gasteiger partial charge in [0.2, 0.25) is 0 Å². The second kappa shape index (κ2) is 9.27. The van der Waals surface area contributed by atoms with Crippen molar-refractivity contribution in [1.29, 1.82) is 0 Å². The van der Waals surface area contributed by atoms with Crippen LogP contribution in [-0.4, -0.2) is 30.6 Å². The van der Waals surface area contributed by atoms with Gasteiger partial charge < -0.3 is 14.5 Å². The highest BCUT2D eigenvalue weighted by atomic mass is 79.9. The molecule has 8 heteroatoms. The third-order valence-corrected chi connectivity index (χ3v) is 3.94. The maximum Gasteiger partial charge on any atom is 0.331 e. The van der Waals surface area contributed by atoms with Crippen LogP contribution in [0, 0.1) is 0 Å². The Kier molecular flexibility index (Phi) is 7.05. The largest absolute Gasteiger partial charge is 0.452 e. The van der Waals surface area contributed by atoms with E-state index in [1.165, 1.54) is 12.5 Å². The molecule has 0 bridgehead atoms. The summed E-state index contributed by atoms with van der Waals surface area (Å²) in [6, 6.07) is 2.89. The van der Waals surface area contributed by atoms with Gasteiger partial charge in [-0.2, -0.15) is 0 Å². The number of esters is 1. The van der Waals surface area contributed by atoms with Crippen LogP contribution in [0.2, 0.25) is 0 Å². The summed E-state index contributed by atoms with van der Waals surface area (Å²) >= 11 is 3.14. The molecule has 0 spiro atoms. The van der Waals surface area contributed by atoms with Gasteiger partial charge in [-0.05, 0) is 47.0 Å². The number of amides is 3. The molecule has 130 valence electrons. The fourth-order valence-corrected chi connectivity index (χ4v) is 2.70. The Morgan fingerprint density at radius 2 is 2.00 bits per heavy atom. The van der Waals surface area contributed by atoms with Gasteiger partial charge in [-0.25, -0.2) is 9.59 Å². The molecule has 2 rings (SSSR count). The summed E-state index contributed by atoms with van der Waals surface area (Å²) in [5.41, 5.74) is 0. The quantitative estimate of drug-likeness (QED) is 0.586. The summed E-state index contributed by atoms with van der Waals surface area (Å²) in [6.45, 7) is -0.525. The molecule has 0 atom stereocenters. The zero-order valence-corrected chi connectivity index (χ0v) is 14.6. The van der Waals surface area contributed by atoms with Crippen LogP contribution >= 0.6 is 15.9 Å². The van der Waals surface area contributed by atoms with Gasteiger partial charge in [0, 0.05) is 12.1 Å². The van der Waals surface area contributed by atoms with E-state index in [-0.39, 0.29) is 6.04 Å². The lowest BCUT2D eigenvalue weighted by Crippen LogP contribution is -2.46. The molecule has 1 aliphatic carbocycles. The molecule has 2 N–H and O–H groups in total. The first kappa shape index (κ1) is 18.3. The normalized spacial score (nSPS) is 15.2. The summed E-state index contributed by atoms with van der Waals surface area (Å²) < 4.78 is 10.5. The van der Waals surface area contributed by atoms with E-state index in [0.717, 1.165) is 31.8 Å². The SMILES string of the molecule is O=C(COC(=O)/C=C/c1ccc(Br)o1)NC(=O)NC1CCCCC1. The number of furan rings is 1. The fourth-order valence-electron chi connectivity index (χ4n) is 2.38. The summed E-state index contributed by atoms with van der Waals surface area (Å²) in [4.78, 5) is 34.7. The number of rotatable bonds is 5. The molecule has 1 aliphatic rings. The standard InChI is InChI=1S/C16H19BrN2O5/c17-13-8-6-12(24-13)7-9-15(21)23-10-14(20)19-16(22)18-11-4-2-1-3-5-11/h6-9,11H,1-5,10H2,(H2,18,19,20,22)/b9-7+. The number of hydrogen-bond donors (Lipinski definition) is 2. The lowest BCUT2D eigenvalue weighted by molar-refractivity contribution is -0.143. The van der Waals surface area contributed by atoms with Crippen molar-refractivity contribution in [1.82, 2.24) is 10.6 Å². The molecule has 1 heterocycles. The Morgan fingerprint density at radius 3 is 2.67 bits per heavy atom. The Balaban J connectivity index is 1.65. The molecule has 0 unspecified atom stereocenters. The zero-order valence-electron chi connectivity index (χ0n) is 13.0. The van der Waals surface area contributed by atoms with Crippen LogP contribution in [0.15, 0.2) is 27.3 Å². The number of urea groups is 1. The van der Waals surface area contributed by atoms with Crippen molar-refractivity contribution in [3.63, 3.8) is 0 Å². The van der Waals surface area contributed by atoms with E-state index in [1.807, 2.05) is 0 Å². The summed E-state index contributed by atoms with van der Waals surface area (Å²) in [5.74, 6) is -0.911. The maximum absolute atomic E-state index is 11.7. The third kappa shape index (κ3) is 6.57. The predicted molar refractivity (Wildman–Crippen MR) is 89.9 cm³/mol. The van der Waals surface area contributed by atoms with Crippen molar-refractivity contribution in [3.05, 3.63) is 28.6 Å². The first-order valence-electron chi connectivity index (χ1n) is 7.73. The molecule has 1 aromatic heterocycles. The number of imide groups is 1. The van der Waals surface area contributed by atoms with Crippen molar-refractivity contribution in [2.45, 2.75) is 38.1 Å². The van der Waals surface area contributed by atoms with Crippen LogP contribution in [-0.2, 0) is 14.3 Å². The van der Waals surface area contributed by atoms with Crippen molar-refractivity contribution in [2.75, 3.05) is 6.61 Å². The van der Waals surface area contributed by atoms with Gasteiger partial charge in [0.05, 0.1) is 0 Å². The molecule has 24 heavy (non-hydrogen) atoms. The minimum atomic E-state index is -0.703.